The summed E-state index contributed by atoms with van der Waals surface area (Å²) >= 11 is 0. The highest BCUT2D eigenvalue weighted by atomic mass is 16.7. The van der Waals surface area contributed by atoms with Crippen LogP contribution in [-0.2, 0) is 28.4 Å². The highest BCUT2D eigenvalue weighted by Gasteiger charge is 2.73. The summed E-state index contributed by atoms with van der Waals surface area (Å²) in [5.74, 6) is 15.7. The van der Waals surface area contributed by atoms with Crippen molar-refractivity contribution in [2.24, 2.45) is 174 Å². The highest BCUT2D eigenvalue weighted by Crippen LogP contribution is 2.75. The van der Waals surface area contributed by atoms with Gasteiger partial charge in [0.1, 0.15) is 0 Å². The van der Waals surface area contributed by atoms with Crippen LogP contribution in [0.15, 0.2) is 0 Å². The fourth-order valence-electron chi connectivity index (χ4n) is 30.9. The standard InChI is InChI=1S/3C27H45NO2.CH4/c3*1-16-7-12-27(29-15-16)17(2)24-23(30-27)14-22-20-6-5-18-13-19(28)8-10-25(18,3)21(20)9-11-26(22,24)4;/h3*16-24H,5-15,28H2,1-4H3;1H4/t16-,17-,18+,19?,20+,21-,22-,23-,24-,25-,26-,27+;16-,17-,18+,19+,20+,21-,22-,23-,24-,25-,26-,27+;16-,17-,18+,19-,20+,21-,22-,23-,24-,25-,26-,27+;/m000./s1. The highest BCUT2D eigenvalue weighted by molar-refractivity contribution is 5.20. The Morgan fingerprint density at radius 1 is 0.286 bits per heavy atom. The van der Waals surface area contributed by atoms with Crippen LogP contribution >= 0.6 is 0 Å². The number of nitrogens with two attached hydrogens (primary N) is 3. The van der Waals surface area contributed by atoms with Crippen LogP contribution < -0.4 is 17.2 Å². The molecule has 6 saturated heterocycles. The molecule has 6 heterocycles. The van der Waals surface area contributed by atoms with Crippen LogP contribution in [0.25, 0.3) is 0 Å². The Kier molecular flexibility index (Phi) is 17.1. The second-order valence-electron chi connectivity index (χ2n) is 39.6. The third-order valence-electron chi connectivity index (χ3n) is 35.9. The van der Waals surface area contributed by atoms with Crippen LogP contribution in [0, 0.1) is 157 Å². The Labute approximate surface area is 556 Å². The summed E-state index contributed by atoms with van der Waals surface area (Å²) in [6, 6.07) is 1.38. The van der Waals surface area contributed by atoms with E-state index >= 15 is 0 Å². The number of hydrogen-bond acceptors (Lipinski definition) is 9. The number of ether oxygens (including phenoxy) is 6. The average Bonchev–Trinajstić information content (AvgIpc) is 1.59. The van der Waals surface area contributed by atoms with Crippen LogP contribution in [0.1, 0.15) is 283 Å². The van der Waals surface area contributed by atoms with Crippen LogP contribution in [-0.4, -0.2) is 73.6 Å². The molecule has 18 rings (SSSR count). The normalized spacial score (nSPS) is 61.8. The first kappa shape index (κ1) is 66.5. The number of hydrogen-bond donors (Lipinski definition) is 3. The lowest BCUT2D eigenvalue weighted by Crippen LogP contribution is -2.55. The van der Waals surface area contributed by atoms with E-state index in [1.54, 1.807) is 0 Å². The van der Waals surface area contributed by atoms with Gasteiger partial charge in [0.2, 0.25) is 0 Å². The van der Waals surface area contributed by atoms with Crippen molar-refractivity contribution in [2.45, 2.75) is 337 Å². The summed E-state index contributed by atoms with van der Waals surface area (Å²) in [4.78, 5) is 0. The molecular formula is C82H139N3O6. The van der Waals surface area contributed by atoms with Crippen molar-refractivity contribution in [3.8, 4) is 0 Å². The van der Waals surface area contributed by atoms with Gasteiger partial charge in [-0.2, -0.15) is 0 Å². The lowest BCUT2D eigenvalue weighted by Gasteiger charge is -2.61. The molecule has 518 valence electrons. The average molecular weight is 1260 g/mol. The second-order valence-corrected chi connectivity index (χ2v) is 39.6. The van der Waals surface area contributed by atoms with Crippen molar-refractivity contribution in [3.05, 3.63) is 0 Å². The Morgan fingerprint density at radius 2 is 0.549 bits per heavy atom. The van der Waals surface area contributed by atoms with Gasteiger partial charge in [-0.05, 0) is 312 Å². The molecule has 3 spiro atoms. The fourth-order valence-corrected chi connectivity index (χ4v) is 30.9. The first-order valence-corrected chi connectivity index (χ1v) is 40.0. The van der Waals surface area contributed by atoms with E-state index in [0.717, 1.165) is 110 Å². The Morgan fingerprint density at radius 3 is 0.802 bits per heavy atom. The molecule has 6 N–H and O–H groups in total. The van der Waals surface area contributed by atoms with Gasteiger partial charge in [-0.1, -0.05) is 90.5 Å². The summed E-state index contributed by atoms with van der Waals surface area (Å²) in [5.41, 5.74) is 22.2. The van der Waals surface area contributed by atoms with Crippen LogP contribution in [0.5, 0.6) is 0 Å². The second kappa shape index (κ2) is 23.4. The van der Waals surface area contributed by atoms with Crippen molar-refractivity contribution in [2.75, 3.05) is 19.8 Å². The van der Waals surface area contributed by atoms with Gasteiger partial charge in [0.05, 0.1) is 38.1 Å². The molecule has 0 aromatic rings. The molecule has 12 saturated carbocycles. The van der Waals surface area contributed by atoms with E-state index in [2.05, 4.69) is 83.1 Å². The predicted octanol–water partition coefficient (Wildman–Crippen LogP) is 17.9. The molecule has 0 aromatic heterocycles. The molecular weight excluding hydrogens is 1120 g/mol. The number of rotatable bonds is 0. The fraction of sp³-hybridized carbons (Fsp3) is 1.00. The van der Waals surface area contributed by atoms with Crippen LogP contribution in [0.2, 0.25) is 0 Å². The first-order chi connectivity index (χ1) is 42.8. The summed E-state index contributed by atoms with van der Waals surface area (Å²) in [5, 5.41) is 0. The summed E-state index contributed by atoms with van der Waals surface area (Å²) in [6.45, 7) is 33.0. The van der Waals surface area contributed by atoms with E-state index < -0.39 is 0 Å². The van der Waals surface area contributed by atoms with E-state index in [1.807, 2.05) is 0 Å². The third-order valence-corrected chi connectivity index (χ3v) is 35.9. The lowest BCUT2D eigenvalue weighted by molar-refractivity contribution is -0.273. The Bertz CT molecular complexity index is 2330. The lowest BCUT2D eigenvalue weighted by atomic mass is 9.44. The SMILES string of the molecule is C.C[C@H]1CC[C@@]2(OC1)O[C@H]1C[C@H]3[C@@H]4CC[C@@H]5CC(N)CC[C@]5(C)[C@H]4CC[C@]3(C)[C@H]1[C@@H]2C.C[C@H]1CC[C@@]2(OC1)O[C@H]1C[C@H]3[C@@H]4CC[C@@H]5C[C@@H](N)CC[C@]5(C)[C@H]4CC[C@]3(C)[C@H]1[C@@H]2C.C[C@H]1CC[C@@]2(OC1)O[C@H]1C[C@H]3[C@@H]4CC[C@@H]5C[C@H](N)CC[C@]5(C)[C@H]4CC[C@]3(C)[C@H]1[C@@H]2C. The third kappa shape index (κ3) is 9.91. The van der Waals surface area contributed by atoms with Gasteiger partial charge in [0.15, 0.2) is 17.4 Å². The zero-order valence-corrected chi connectivity index (χ0v) is 59.6. The van der Waals surface area contributed by atoms with Gasteiger partial charge in [0, 0.05) is 55.1 Å². The maximum absolute atomic E-state index is 6.92. The molecule has 0 bridgehead atoms. The topological polar surface area (TPSA) is 133 Å². The van der Waals surface area contributed by atoms with Crippen LogP contribution in [0.4, 0.5) is 0 Å². The van der Waals surface area contributed by atoms with Crippen molar-refractivity contribution in [1.29, 1.82) is 0 Å². The molecule has 36 atom stereocenters. The van der Waals surface area contributed by atoms with Crippen molar-refractivity contribution in [1.82, 2.24) is 0 Å². The molecule has 9 heteroatoms. The maximum atomic E-state index is 6.92. The minimum absolute atomic E-state index is 0. The van der Waals surface area contributed by atoms with E-state index in [1.165, 1.54) is 173 Å². The maximum Gasteiger partial charge on any atom is 0.171 e. The predicted molar refractivity (Wildman–Crippen MR) is 366 cm³/mol. The van der Waals surface area contributed by atoms with Gasteiger partial charge in [-0.15, -0.1) is 0 Å². The quantitative estimate of drug-likeness (QED) is 0.217. The largest absolute Gasteiger partial charge is 0.349 e. The summed E-state index contributed by atoms with van der Waals surface area (Å²) in [6.07, 6.45) is 41.2. The van der Waals surface area contributed by atoms with Crippen molar-refractivity contribution < 1.29 is 28.4 Å². The smallest absolute Gasteiger partial charge is 0.171 e. The molecule has 1 unspecified atom stereocenters. The zero-order valence-electron chi connectivity index (χ0n) is 59.6. The van der Waals surface area contributed by atoms with Gasteiger partial charge < -0.3 is 45.6 Å². The van der Waals surface area contributed by atoms with E-state index in [-0.39, 0.29) is 24.8 Å². The van der Waals surface area contributed by atoms with Gasteiger partial charge >= 0.3 is 0 Å². The van der Waals surface area contributed by atoms with Crippen LogP contribution in [0.3, 0.4) is 0 Å². The number of fused-ring (bicyclic) bond motifs is 21. The molecule has 9 nitrogen and oxygen atoms in total. The Balaban J connectivity index is 0.000000113. The van der Waals surface area contributed by atoms with E-state index in [0.29, 0.717) is 122 Å². The van der Waals surface area contributed by atoms with E-state index in [9.17, 15) is 0 Å². The minimum Gasteiger partial charge on any atom is -0.349 e. The molecule has 12 aliphatic carbocycles. The molecule has 91 heavy (non-hydrogen) atoms. The van der Waals surface area contributed by atoms with Gasteiger partial charge in [-0.25, -0.2) is 0 Å². The molecule has 18 aliphatic rings. The first-order valence-electron chi connectivity index (χ1n) is 40.0. The van der Waals surface area contributed by atoms with E-state index in [4.69, 9.17) is 45.6 Å². The molecule has 0 radical (unpaired) electrons. The molecule has 6 aliphatic heterocycles. The van der Waals surface area contributed by atoms with Gasteiger partial charge in [0.25, 0.3) is 0 Å². The molecule has 0 aromatic carbocycles. The summed E-state index contributed by atoms with van der Waals surface area (Å²) in [7, 11) is 0. The van der Waals surface area contributed by atoms with Crippen molar-refractivity contribution >= 4 is 0 Å². The van der Waals surface area contributed by atoms with Crippen molar-refractivity contribution in [3.63, 3.8) is 0 Å². The monoisotopic (exact) mass is 1260 g/mol. The zero-order chi connectivity index (χ0) is 62.7. The molecule has 0 amide bonds. The van der Waals surface area contributed by atoms with Gasteiger partial charge in [-0.3, -0.25) is 0 Å². The molecule has 18 fully saturated rings. The summed E-state index contributed by atoms with van der Waals surface area (Å²) < 4.78 is 40.2. The minimum atomic E-state index is -0.268. The Hall–Kier alpha value is -0.360.